The van der Waals surface area contributed by atoms with Crippen LogP contribution in [0.1, 0.15) is 17.7 Å². The van der Waals surface area contributed by atoms with Gasteiger partial charge in [-0.15, -0.1) is 5.10 Å². The molecule has 3 aromatic heterocycles. The van der Waals surface area contributed by atoms with Crippen LogP contribution in [0.3, 0.4) is 0 Å². The fourth-order valence-corrected chi connectivity index (χ4v) is 5.64. The summed E-state index contributed by atoms with van der Waals surface area (Å²) in [6.45, 7) is 5.77. The van der Waals surface area contributed by atoms with Crippen LogP contribution < -0.4 is 10.1 Å². The monoisotopic (exact) mass is 692 g/mol. The molecule has 0 radical (unpaired) electrons. The van der Waals surface area contributed by atoms with E-state index in [1.807, 2.05) is 68.6 Å². The highest BCUT2D eigenvalue weighted by atomic mass is 19.4. The van der Waals surface area contributed by atoms with Crippen molar-refractivity contribution in [2.24, 2.45) is 7.05 Å². The largest absolute Gasteiger partial charge is 0.490 e. The third-order valence-corrected chi connectivity index (χ3v) is 7.97. The molecule has 50 heavy (non-hydrogen) atoms. The minimum absolute atomic E-state index is 0.288. The normalized spacial score (nSPS) is 17.1. The lowest BCUT2D eigenvalue weighted by molar-refractivity contribution is -0.192. The van der Waals surface area contributed by atoms with E-state index in [0.717, 1.165) is 33.6 Å². The van der Waals surface area contributed by atoms with Crippen LogP contribution in [0.25, 0.3) is 27.6 Å². The molecular formula is C33H28F4N8O5. The number of nitrogens with zero attached hydrogens (tertiary/aromatic N) is 7. The number of carbonyl (C=O) groups excluding carboxylic acids is 1. The molecule has 2 atom stereocenters. The van der Waals surface area contributed by atoms with Crippen LogP contribution in [0.5, 0.6) is 11.5 Å². The zero-order valence-corrected chi connectivity index (χ0v) is 26.5. The van der Waals surface area contributed by atoms with E-state index in [1.54, 1.807) is 4.68 Å². The van der Waals surface area contributed by atoms with Gasteiger partial charge in [-0.3, -0.25) is 4.79 Å². The van der Waals surface area contributed by atoms with Gasteiger partial charge in [0.1, 0.15) is 28.9 Å². The fraction of sp³-hybridized carbons (Fsp3) is 0.242. The van der Waals surface area contributed by atoms with Crippen LogP contribution in [0.4, 0.5) is 29.1 Å². The van der Waals surface area contributed by atoms with Gasteiger partial charge in [0.15, 0.2) is 11.6 Å². The number of amides is 1. The summed E-state index contributed by atoms with van der Waals surface area (Å²) >= 11 is 0. The second-order valence-corrected chi connectivity index (χ2v) is 11.4. The van der Waals surface area contributed by atoms with Crippen molar-refractivity contribution in [2.75, 3.05) is 18.5 Å². The van der Waals surface area contributed by atoms with E-state index in [1.165, 1.54) is 11.2 Å². The standard InChI is InChI=1S/C31H27FN8O3.C2HF3O2/c1-17-10-20(4-9-28(17)43-23-5-8-27-26(13-23)37-38-39(27)3)35-30-29-25(33-16-34-30)7-6-24(36-29)19-11-21-14-42-15-22(12-19)40(21)31(41)18(2)32;3-2(4,5)1(6)7/h4-11,13,16,21-22H,2,12,14-15H2,1,3H3,(H,33,34,35);(H,6,7). The quantitative estimate of drug-likeness (QED) is 0.167. The zero-order valence-electron chi connectivity index (χ0n) is 26.5. The number of hydrogen-bond donors (Lipinski definition) is 2. The van der Waals surface area contributed by atoms with Crippen molar-refractivity contribution in [1.82, 2.24) is 34.8 Å². The number of anilines is 2. The molecule has 2 aliphatic heterocycles. The SMILES string of the molecule is C=C(F)C(=O)N1C2C=C(c3ccc4ncnc(Nc5ccc(Oc6ccc7c(c6)nnn7C)c(C)c5)c4n3)CC1COC2.O=C(O)C(F)(F)F. The van der Waals surface area contributed by atoms with Crippen LogP contribution in [0.15, 0.2) is 73.3 Å². The van der Waals surface area contributed by atoms with E-state index in [2.05, 4.69) is 32.2 Å². The minimum Gasteiger partial charge on any atom is -0.475 e. The zero-order chi connectivity index (χ0) is 35.7. The number of alkyl halides is 3. The maximum atomic E-state index is 13.7. The summed E-state index contributed by atoms with van der Waals surface area (Å²) in [6, 6.07) is 14.6. The van der Waals surface area contributed by atoms with E-state index >= 15 is 0 Å². The first-order valence-corrected chi connectivity index (χ1v) is 15.0. The predicted molar refractivity (Wildman–Crippen MR) is 172 cm³/mol. The number of carbonyl (C=O) groups is 2. The summed E-state index contributed by atoms with van der Waals surface area (Å²) in [7, 11) is 1.85. The van der Waals surface area contributed by atoms with Crippen molar-refractivity contribution in [1.29, 1.82) is 0 Å². The van der Waals surface area contributed by atoms with Crippen molar-refractivity contribution in [2.45, 2.75) is 31.6 Å². The van der Waals surface area contributed by atoms with Gasteiger partial charge in [-0.05, 0) is 66.9 Å². The van der Waals surface area contributed by atoms with Gasteiger partial charge in [0.2, 0.25) is 0 Å². The molecule has 258 valence electrons. The number of nitrogens with one attached hydrogen (secondary N) is 1. The van der Waals surface area contributed by atoms with E-state index in [4.69, 9.17) is 24.4 Å². The van der Waals surface area contributed by atoms with Crippen LogP contribution in [-0.4, -0.2) is 83.3 Å². The summed E-state index contributed by atoms with van der Waals surface area (Å²) < 4.78 is 59.0. The Bertz CT molecular complexity index is 2170. The number of carboxylic acid groups (broad SMARTS) is 1. The number of halogens is 4. The first kappa shape index (κ1) is 33.9. The van der Waals surface area contributed by atoms with E-state index in [9.17, 15) is 22.4 Å². The van der Waals surface area contributed by atoms with Crippen molar-refractivity contribution in [3.8, 4) is 11.5 Å². The molecule has 17 heteroatoms. The number of carboxylic acids is 1. The first-order valence-electron chi connectivity index (χ1n) is 15.0. The molecular weight excluding hydrogens is 664 g/mol. The lowest BCUT2D eigenvalue weighted by Crippen LogP contribution is -2.56. The molecule has 5 heterocycles. The third-order valence-electron chi connectivity index (χ3n) is 7.97. The van der Waals surface area contributed by atoms with Gasteiger partial charge in [0.25, 0.3) is 5.91 Å². The number of morpholine rings is 1. The Morgan fingerprint density at radius 2 is 1.86 bits per heavy atom. The Morgan fingerprint density at radius 1 is 1.08 bits per heavy atom. The Balaban J connectivity index is 0.000000561. The molecule has 0 saturated carbocycles. The number of aromatic nitrogens is 6. The molecule has 1 amide bonds. The third kappa shape index (κ3) is 7.07. The van der Waals surface area contributed by atoms with Gasteiger partial charge >= 0.3 is 12.1 Å². The van der Waals surface area contributed by atoms with Crippen LogP contribution in [0.2, 0.25) is 0 Å². The van der Waals surface area contributed by atoms with Crippen LogP contribution >= 0.6 is 0 Å². The van der Waals surface area contributed by atoms with Crippen LogP contribution in [-0.2, 0) is 21.4 Å². The molecule has 13 nitrogen and oxygen atoms in total. The van der Waals surface area contributed by atoms with Gasteiger partial charge in [0.05, 0.1) is 42.0 Å². The van der Waals surface area contributed by atoms with Crippen LogP contribution in [0, 0.1) is 6.92 Å². The summed E-state index contributed by atoms with van der Waals surface area (Å²) in [5.41, 5.74) is 6.41. The average molecular weight is 693 g/mol. The lowest BCUT2D eigenvalue weighted by atomic mass is 9.91. The molecule has 2 aromatic carbocycles. The number of rotatable bonds is 6. The maximum absolute atomic E-state index is 13.7. The second-order valence-electron chi connectivity index (χ2n) is 11.4. The molecule has 2 N–H and O–H groups in total. The Morgan fingerprint density at radius 3 is 2.56 bits per heavy atom. The van der Waals surface area contributed by atoms with Crippen molar-refractivity contribution in [3.63, 3.8) is 0 Å². The number of aryl methyl sites for hydroxylation is 2. The second kappa shape index (κ2) is 13.5. The highest BCUT2D eigenvalue weighted by Gasteiger charge is 2.39. The first-order chi connectivity index (χ1) is 23.8. The smallest absolute Gasteiger partial charge is 0.475 e. The molecule has 7 rings (SSSR count). The Labute approximate surface area is 280 Å². The summed E-state index contributed by atoms with van der Waals surface area (Å²) in [5, 5.41) is 18.7. The number of benzene rings is 2. The number of pyridine rings is 1. The Kier molecular flexibility index (Phi) is 9.16. The molecule has 0 aliphatic carbocycles. The molecule has 0 spiro atoms. The van der Waals surface area contributed by atoms with Gasteiger partial charge in [-0.2, -0.15) is 13.2 Å². The lowest BCUT2D eigenvalue weighted by Gasteiger charge is -2.44. The van der Waals surface area contributed by atoms with E-state index in [-0.39, 0.29) is 12.6 Å². The summed E-state index contributed by atoms with van der Waals surface area (Å²) in [6.07, 6.45) is -1.19. The highest BCUT2D eigenvalue weighted by Crippen LogP contribution is 2.35. The molecule has 1 fully saturated rings. The molecule has 2 aliphatic rings. The number of fused-ring (bicyclic) bond motifs is 4. The molecule has 2 unspecified atom stereocenters. The van der Waals surface area contributed by atoms with Crippen molar-refractivity contribution >= 4 is 51.0 Å². The minimum atomic E-state index is -5.08. The highest BCUT2D eigenvalue weighted by molar-refractivity contribution is 5.92. The molecule has 5 aromatic rings. The van der Waals surface area contributed by atoms with E-state index in [0.29, 0.717) is 41.4 Å². The van der Waals surface area contributed by atoms with Gasteiger partial charge < -0.3 is 24.8 Å². The van der Waals surface area contributed by atoms with Gasteiger partial charge in [-0.1, -0.05) is 17.9 Å². The molecule has 1 saturated heterocycles. The summed E-state index contributed by atoms with van der Waals surface area (Å²) in [5.74, 6) is -2.48. The number of hydrogen-bond acceptors (Lipinski definition) is 10. The van der Waals surface area contributed by atoms with E-state index < -0.39 is 29.9 Å². The fourth-order valence-electron chi connectivity index (χ4n) is 5.64. The average Bonchev–Trinajstić information content (AvgIpc) is 3.44. The maximum Gasteiger partial charge on any atom is 0.490 e. The van der Waals surface area contributed by atoms with Crippen molar-refractivity contribution < 1.29 is 41.7 Å². The predicted octanol–water partition coefficient (Wildman–Crippen LogP) is 5.65. The van der Waals surface area contributed by atoms with Gasteiger partial charge in [-0.25, -0.2) is 28.8 Å². The molecule has 2 bridgehead atoms. The number of ether oxygens (including phenoxy) is 2. The topological polar surface area (TPSA) is 157 Å². The summed E-state index contributed by atoms with van der Waals surface area (Å²) in [4.78, 5) is 36.7. The Hall–Kier alpha value is -5.97. The number of aliphatic carboxylic acids is 1. The van der Waals surface area contributed by atoms with Crippen molar-refractivity contribution in [3.05, 3.63) is 84.6 Å². The van der Waals surface area contributed by atoms with Gasteiger partial charge in [0, 0.05) is 18.8 Å².